The van der Waals surface area contributed by atoms with Gasteiger partial charge in [-0.25, -0.2) is 4.79 Å². The van der Waals surface area contributed by atoms with Crippen molar-refractivity contribution in [3.8, 4) is 0 Å². The molecule has 0 heterocycles. The molecule has 0 aromatic heterocycles. The fourth-order valence-corrected chi connectivity index (χ4v) is 2.20. The number of hydrogen-bond acceptors (Lipinski definition) is 8. The van der Waals surface area contributed by atoms with Gasteiger partial charge in [0.1, 0.15) is 12.1 Å². The average Bonchev–Trinajstić information content (AvgIpc) is 2.64. The van der Waals surface area contributed by atoms with Crippen LogP contribution in [0.2, 0.25) is 0 Å². The lowest BCUT2D eigenvalue weighted by Crippen LogP contribution is -2.57. The summed E-state index contributed by atoms with van der Waals surface area (Å²) in [6, 6.07) is -3.61. The number of nitrogens with one attached hydrogen (secondary N) is 3. The predicted octanol–water partition coefficient (Wildman–Crippen LogP) is -4.15. The summed E-state index contributed by atoms with van der Waals surface area (Å²) in [5, 5.41) is 25.7. The number of nitrogens with two attached hydrogens (primary N) is 3. The van der Waals surface area contributed by atoms with Crippen LogP contribution in [0.4, 0.5) is 0 Å². The van der Waals surface area contributed by atoms with Crippen molar-refractivity contribution >= 4 is 42.3 Å². The van der Waals surface area contributed by atoms with E-state index in [9.17, 15) is 29.4 Å². The number of nitrogens with zero attached hydrogens (tertiary/aromatic N) is 1. The van der Waals surface area contributed by atoms with Crippen molar-refractivity contribution in [2.75, 3.05) is 18.8 Å². The smallest absolute Gasteiger partial charge is 0.326 e. The first kappa shape index (κ1) is 26.4. The average molecular weight is 436 g/mol. The molecule has 4 atom stereocenters. The molecule has 3 amide bonds. The molecule has 0 spiro atoms. The van der Waals surface area contributed by atoms with E-state index in [0.29, 0.717) is 0 Å². The highest BCUT2D eigenvalue weighted by Crippen LogP contribution is 2.01. The van der Waals surface area contributed by atoms with Gasteiger partial charge in [0.15, 0.2) is 5.96 Å². The van der Waals surface area contributed by atoms with Gasteiger partial charge in [-0.1, -0.05) is 0 Å². The highest BCUT2D eigenvalue weighted by Gasteiger charge is 2.29. The normalized spacial score (nSPS) is 14.6. The Morgan fingerprint density at radius 3 is 2.24 bits per heavy atom. The van der Waals surface area contributed by atoms with E-state index in [1.54, 1.807) is 0 Å². The third kappa shape index (κ3) is 11.1. The van der Waals surface area contributed by atoms with Gasteiger partial charge >= 0.3 is 5.97 Å². The molecule has 29 heavy (non-hydrogen) atoms. The van der Waals surface area contributed by atoms with Crippen LogP contribution in [0.25, 0.3) is 0 Å². The Morgan fingerprint density at radius 1 is 1.14 bits per heavy atom. The zero-order valence-electron chi connectivity index (χ0n) is 16.0. The molecule has 0 saturated carbocycles. The molecule has 0 aromatic carbocycles. The van der Waals surface area contributed by atoms with E-state index in [1.807, 2.05) is 0 Å². The number of carbonyl (C=O) groups is 4. The lowest BCUT2D eigenvalue weighted by molar-refractivity contribution is -0.143. The minimum Gasteiger partial charge on any atom is -0.480 e. The molecule has 0 bridgehead atoms. The molecule has 0 saturated heterocycles. The van der Waals surface area contributed by atoms with Gasteiger partial charge in [-0.05, 0) is 19.8 Å². The van der Waals surface area contributed by atoms with Gasteiger partial charge in [0, 0.05) is 12.3 Å². The number of amides is 3. The Balaban J connectivity index is 4.80. The summed E-state index contributed by atoms with van der Waals surface area (Å²) in [7, 11) is 0. The lowest BCUT2D eigenvalue weighted by Gasteiger charge is -2.23. The van der Waals surface area contributed by atoms with E-state index in [4.69, 9.17) is 17.2 Å². The van der Waals surface area contributed by atoms with Gasteiger partial charge in [-0.2, -0.15) is 12.6 Å². The van der Waals surface area contributed by atoms with Crippen LogP contribution in [0, 0.1) is 0 Å². The number of guanidine groups is 1. The fraction of sp³-hybridized carbons (Fsp3) is 0.667. The number of carbonyl (C=O) groups excluding carboxylic acids is 3. The van der Waals surface area contributed by atoms with Crippen molar-refractivity contribution in [3.05, 3.63) is 0 Å². The molecule has 11 N–H and O–H groups in total. The van der Waals surface area contributed by atoms with E-state index in [0.717, 1.165) is 0 Å². The molecular weight excluding hydrogens is 406 g/mol. The summed E-state index contributed by atoms with van der Waals surface area (Å²) in [6.45, 7) is 0.929. The third-order valence-corrected chi connectivity index (χ3v) is 3.99. The topological polar surface area (TPSA) is 235 Å². The van der Waals surface area contributed by atoms with E-state index in [-0.39, 0.29) is 31.1 Å². The van der Waals surface area contributed by atoms with Crippen LogP contribution in [0.15, 0.2) is 4.99 Å². The standard InChI is InChI=1S/C15H29N7O6S/c1-7(23)11(22-10(24)5-20-12(25)8(16)6-29)13(26)21-9(14(27)28)3-2-4-19-15(17)18/h7-9,11,23,29H,2-6,16H2,1H3,(H,20,25)(H,21,26)(H,22,24)(H,27,28)(H4,17,18,19). The first-order chi connectivity index (χ1) is 13.5. The van der Waals surface area contributed by atoms with Gasteiger partial charge in [0.05, 0.1) is 18.7 Å². The van der Waals surface area contributed by atoms with Crippen molar-refractivity contribution in [2.45, 2.75) is 44.0 Å². The Morgan fingerprint density at radius 2 is 1.76 bits per heavy atom. The molecule has 13 nitrogen and oxygen atoms in total. The van der Waals surface area contributed by atoms with Crippen LogP contribution in [-0.2, 0) is 19.2 Å². The summed E-state index contributed by atoms with van der Waals surface area (Å²) in [5.74, 6) is -3.65. The molecule has 0 aliphatic rings. The number of hydrogen-bond donors (Lipinski definition) is 9. The number of thiol groups is 1. The van der Waals surface area contributed by atoms with Crippen molar-refractivity contribution in [2.24, 2.45) is 22.2 Å². The van der Waals surface area contributed by atoms with Crippen LogP contribution in [0.3, 0.4) is 0 Å². The molecule has 0 radical (unpaired) electrons. The highest BCUT2D eigenvalue weighted by atomic mass is 32.1. The zero-order valence-corrected chi connectivity index (χ0v) is 16.9. The fourth-order valence-electron chi connectivity index (χ4n) is 2.03. The van der Waals surface area contributed by atoms with Crippen LogP contribution < -0.4 is 33.2 Å². The van der Waals surface area contributed by atoms with Crippen molar-refractivity contribution in [1.29, 1.82) is 0 Å². The molecule has 166 valence electrons. The van der Waals surface area contributed by atoms with Gasteiger partial charge in [0.25, 0.3) is 0 Å². The molecule has 0 aromatic rings. The number of carboxylic acids is 1. The highest BCUT2D eigenvalue weighted by molar-refractivity contribution is 7.80. The molecule has 0 rings (SSSR count). The largest absolute Gasteiger partial charge is 0.480 e. The maximum atomic E-state index is 12.3. The lowest BCUT2D eigenvalue weighted by atomic mass is 10.1. The number of aliphatic hydroxyl groups is 1. The Labute approximate surface area is 173 Å². The van der Waals surface area contributed by atoms with Gasteiger partial charge in [-0.15, -0.1) is 0 Å². The van der Waals surface area contributed by atoms with E-state index >= 15 is 0 Å². The maximum Gasteiger partial charge on any atom is 0.326 e. The van der Waals surface area contributed by atoms with Gasteiger partial charge in [0.2, 0.25) is 17.7 Å². The van der Waals surface area contributed by atoms with Crippen molar-refractivity contribution < 1.29 is 29.4 Å². The third-order valence-electron chi connectivity index (χ3n) is 3.60. The molecular formula is C15H29N7O6S. The van der Waals surface area contributed by atoms with Crippen LogP contribution in [0.5, 0.6) is 0 Å². The summed E-state index contributed by atoms with van der Waals surface area (Å²) < 4.78 is 0. The Bertz CT molecular complexity index is 612. The quantitative estimate of drug-likeness (QED) is 0.0590. The first-order valence-electron chi connectivity index (χ1n) is 8.69. The number of aliphatic imine (C=N–C) groups is 1. The minimum absolute atomic E-state index is 0.0238. The van der Waals surface area contributed by atoms with Gasteiger partial charge in [-0.3, -0.25) is 19.4 Å². The van der Waals surface area contributed by atoms with E-state index in [2.05, 4.69) is 33.6 Å². The number of aliphatic carboxylic acids is 1. The second-order valence-corrected chi connectivity index (χ2v) is 6.51. The second kappa shape index (κ2) is 13.6. The molecule has 14 heteroatoms. The predicted molar refractivity (Wildman–Crippen MR) is 108 cm³/mol. The first-order valence-corrected chi connectivity index (χ1v) is 9.33. The summed E-state index contributed by atoms with van der Waals surface area (Å²) in [6.07, 6.45) is -1.03. The Kier molecular flexibility index (Phi) is 12.4. The Hall–Kier alpha value is -2.58. The van der Waals surface area contributed by atoms with Crippen molar-refractivity contribution in [3.63, 3.8) is 0 Å². The molecule has 0 fully saturated rings. The monoisotopic (exact) mass is 435 g/mol. The number of aliphatic hydroxyl groups excluding tert-OH is 1. The molecule has 4 unspecified atom stereocenters. The number of rotatable bonds is 13. The maximum absolute atomic E-state index is 12.3. The molecule has 0 aliphatic carbocycles. The second-order valence-electron chi connectivity index (χ2n) is 6.14. The molecule has 0 aliphatic heterocycles. The number of carboxylic acid groups (broad SMARTS) is 1. The van der Waals surface area contributed by atoms with Crippen LogP contribution in [-0.4, -0.2) is 82.9 Å². The summed E-state index contributed by atoms with van der Waals surface area (Å²) >= 11 is 3.86. The minimum atomic E-state index is -1.43. The van der Waals surface area contributed by atoms with Gasteiger partial charge < -0.3 is 43.4 Å². The van der Waals surface area contributed by atoms with E-state index < -0.39 is 54.5 Å². The van der Waals surface area contributed by atoms with Crippen molar-refractivity contribution in [1.82, 2.24) is 16.0 Å². The van der Waals surface area contributed by atoms with E-state index in [1.165, 1.54) is 6.92 Å². The summed E-state index contributed by atoms with van der Waals surface area (Å²) in [4.78, 5) is 50.9. The zero-order chi connectivity index (χ0) is 22.6. The summed E-state index contributed by atoms with van der Waals surface area (Å²) in [5.41, 5.74) is 15.8. The SMILES string of the molecule is CC(O)C(NC(=O)CNC(=O)C(N)CS)C(=O)NC(CCCN=C(N)N)C(=O)O. The van der Waals surface area contributed by atoms with Crippen LogP contribution >= 0.6 is 12.6 Å². The van der Waals surface area contributed by atoms with Crippen LogP contribution in [0.1, 0.15) is 19.8 Å².